The molecule has 7 heteroatoms. The summed E-state index contributed by atoms with van der Waals surface area (Å²) in [6, 6.07) is 6.44. The number of rotatable bonds is 4. The van der Waals surface area contributed by atoms with Gasteiger partial charge in [-0.25, -0.2) is 0 Å². The minimum atomic E-state index is -0.504. The second-order valence-corrected chi connectivity index (χ2v) is 4.98. The first kappa shape index (κ1) is 14.6. The summed E-state index contributed by atoms with van der Waals surface area (Å²) in [5.41, 5.74) is 2.01. The van der Waals surface area contributed by atoms with E-state index in [-0.39, 0.29) is 15.7 Å². The van der Waals surface area contributed by atoms with Crippen molar-refractivity contribution in [3.63, 3.8) is 0 Å². The molecule has 0 aliphatic carbocycles. The van der Waals surface area contributed by atoms with E-state index in [0.29, 0.717) is 12.2 Å². The third-order valence-electron chi connectivity index (χ3n) is 2.80. The van der Waals surface area contributed by atoms with Gasteiger partial charge in [0.1, 0.15) is 5.69 Å². The number of nitro groups is 1. The average Bonchev–Trinajstić information content (AvgIpc) is 2.41. The van der Waals surface area contributed by atoms with Crippen molar-refractivity contribution in [1.82, 2.24) is 4.98 Å². The molecule has 0 aliphatic rings. The first-order valence-corrected chi connectivity index (χ1v) is 6.52. The zero-order valence-electron chi connectivity index (χ0n) is 10.6. The molecule has 1 N–H and O–H groups in total. The summed E-state index contributed by atoms with van der Waals surface area (Å²) in [4.78, 5) is 14.7. The number of hydrogen-bond donors (Lipinski definition) is 1. The van der Waals surface area contributed by atoms with E-state index in [2.05, 4.69) is 10.3 Å². The first-order chi connectivity index (χ1) is 9.49. The van der Waals surface area contributed by atoms with Gasteiger partial charge in [-0.15, -0.1) is 0 Å². The number of nitrogens with one attached hydrogen (secondary N) is 1. The van der Waals surface area contributed by atoms with E-state index in [1.165, 1.54) is 12.1 Å². The topological polar surface area (TPSA) is 68.1 Å². The molecule has 2 aromatic rings. The van der Waals surface area contributed by atoms with Gasteiger partial charge in [0.25, 0.3) is 5.69 Å². The lowest BCUT2D eigenvalue weighted by atomic mass is 10.2. The Kier molecular flexibility index (Phi) is 4.42. The van der Waals surface area contributed by atoms with Gasteiger partial charge in [0.15, 0.2) is 0 Å². The maximum atomic E-state index is 11.0. The van der Waals surface area contributed by atoms with Crippen LogP contribution in [0.5, 0.6) is 0 Å². The number of pyridine rings is 1. The highest BCUT2D eigenvalue weighted by Crippen LogP contribution is 2.34. The number of nitro benzene ring substituents is 1. The summed E-state index contributed by atoms with van der Waals surface area (Å²) < 4.78 is 0. The van der Waals surface area contributed by atoms with E-state index in [9.17, 15) is 10.1 Å². The fourth-order valence-electron chi connectivity index (χ4n) is 1.71. The molecule has 2 rings (SSSR count). The van der Waals surface area contributed by atoms with E-state index < -0.39 is 4.92 Å². The minimum absolute atomic E-state index is 0.118. The predicted molar refractivity (Wildman–Crippen MR) is 79.4 cm³/mol. The molecule has 0 aliphatic heterocycles. The molecule has 0 unspecified atom stereocenters. The Hall–Kier alpha value is -1.85. The summed E-state index contributed by atoms with van der Waals surface area (Å²) in [5, 5.41) is 14.4. The Bertz CT molecular complexity index is 662. The molecule has 1 aromatic carbocycles. The average molecular weight is 312 g/mol. The molecule has 104 valence electrons. The van der Waals surface area contributed by atoms with Crippen LogP contribution in [-0.4, -0.2) is 9.91 Å². The van der Waals surface area contributed by atoms with Crippen LogP contribution in [0.3, 0.4) is 0 Å². The second kappa shape index (κ2) is 6.07. The SMILES string of the molecule is Cc1cccnc1CNc1cc(Cl)c(Cl)cc1[N+](=O)[O-]. The van der Waals surface area contributed by atoms with Gasteiger partial charge in [0.2, 0.25) is 0 Å². The molecule has 20 heavy (non-hydrogen) atoms. The van der Waals surface area contributed by atoms with Crippen LogP contribution in [0, 0.1) is 17.0 Å². The van der Waals surface area contributed by atoms with Crippen molar-refractivity contribution in [2.75, 3.05) is 5.32 Å². The summed E-state index contributed by atoms with van der Waals surface area (Å²) in [7, 11) is 0. The molecule has 0 bridgehead atoms. The highest BCUT2D eigenvalue weighted by atomic mass is 35.5. The maximum absolute atomic E-state index is 11.0. The van der Waals surface area contributed by atoms with Crippen molar-refractivity contribution >= 4 is 34.6 Å². The number of hydrogen-bond acceptors (Lipinski definition) is 4. The zero-order valence-corrected chi connectivity index (χ0v) is 12.1. The summed E-state index contributed by atoms with van der Waals surface area (Å²) in [6.45, 7) is 2.29. The van der Waals surface area contributed by atoms with Crippen molar-refractivity contribution in [2.24, 2.45) is 0 Å². The molecular weight excluding hydrogens is 301 g/mol. The molecule has 1 aromatic heterocycles. The number of aryl methyl sites for hydroxylation is 1. The Balaban J connectivity index is 2.27. The van der Waals surface area contributed by atoms with E-state index in [0.717, 1.165) is 11.3 Å². The molecular formula is C13H11Cl2N3O2. The fourth-order valence-corrected chi connectivity index (χ4v) is 2.03. The number of benzene rings is 1. The third-order valence-corrected chi connectivity index (χ3v) is 3.52. The number of nitrogens with zero attached hydrogens (tertiary/aromatic N) is 2. The molecule has 1 heterocycles. The fraction of sp³-hybridized carbons (Fsp3) is 0.154. The molecule has 0 radical (unpaired) electrons. The van der Waals surface area contributed by atoms with Crippen LogP contribution >= 0.6 is 23.2 Å². The Morgan fingerprint density at radius 1 is 1.35 bits per heavy atom. The molecule has 0 saturated carbocycles. The predicted octanol–water partition coefficient (Wildman–Crippen LogP) is 4.22. The Morgan fingerprint density at radius 3 is 2.70 bits per heavy atom. The zero-order chi connectivity index (χ0) is 14.7. The van der Waals surface area contributed by atoms with Crippen LogP contribution in [0.1, 0.15) is 11.3 Å². The molecule has 0 atom stereocenters. The highest BCUT2D eigenvalue weighted by Gasteiger charge is 2.17. The highest BCUT2D eigenvalue weighted by molar-refractivity contribution is 6.42. The standard InChI is InChI=1S/C13H11Cl2N3O2/c1-8-3-2-4-16-12(8)7-17-11-5-9(14)10(15)6-13(11)18(19)20/h2-6,17H,7H2,1H3. The summed E-state index contributed by atoms with van der Waals surface area (Å²) in [5.74, 6) is 0. The largest absolute Gasteiger partial charge is 0.374 e. The van der Waals surface area contributed by atoms with Gasteiger partial charge in [0.05, 0.1) is 27.2 Å². The van der Waals surface area contributed by atoms with Gasteiger partial charge >= 0.3 is 0 Å². The van der Waals surface area contributed by atoms with Crippen molar-refractivity contribution in [3.8, 4) is 0 Å². The second-order valence-electron chi connectivity index (χ2n) is 4.16. The molecule has 5 nitrogen and oxygen atoms in total. The molecule has 0 amide bonds. The normalized spacial score (nSPS) is 10.3. The van der Waals surface area contributed by atoms with Crippen molar-refractivity contribution in [3.05, 3.63) is 61.9 Å². The summed E-state index contributed by atoms with van der Waals surface area (Å²) in [6.07, 6.45) is 1.67. The van der Waals surface area contributed by atoms with Crippen LogP contribution in [0.4, 0.5) is 11.4 Å². The molecule has 0 spiro atoms. The van der Waals surface area contributed by atoms with Gasteiger partial charge in [-0.3, -0.25) is 15.1 Å². The van der Waals surface area contributed by atoms with Gasteiger partial charge in [-0.2, -0.15) is 0 Å². The van der Waals surface area contributed by atoms with E-state index in [4.69, 9.17) is 23.2 Å². The van der Waals surface area contributed by atoms with E-state index in [1.54, 1.807) is 6.20 Å². The number of aromatic nitrogens is 1. The van der Waals surface area contributed by atoms with E-state index >= 15 is 0 Å². The lowest BCUT2D eigenvalue weighted by Crippen LogP contribution is -2.05. The third kappa shape index (κ3) is 3.18. The minimum Gasteiger partial charge on any atom is -0.374 e. The Morgan fingerprint density at radius 2 is 2.05 bits per heavy atom. The van der Waals surface area contributed by atoms with Crippen LogP contribution in [0.25, 0.3) is 0 Å². The molecule has 0 fully saturated rings. The number of halogens is 2. The monoisotopic (exact) mass is 311 g/mol. The van der Waals surface area contributed by atoms with Gasteiger partial charge in [-0.1, -0.05) is 29.3 Å². The van der Waals surface area contributed by atoms with Gasteiger partial charge in [-0.05, 0) is 24.6 Å². The first-order valence-electron chi connectivity index (χ1n) is 5.77. The van der Waals surface area contributed by atoms with Crippen molar-refractivity contribution in [1.29, 1.82) is 0 Å². The lowest BCUT2D eigenvalue weighted by molar-refractivity contribution is -0.383. The van der Waals surface area contributed by atoms with Crippen LogP contribution in [-0.2, 0) is 6.54 Å². The summed E-state index contributed by atoms with van der Waals surface area (Å²) >= 11 is 11.7. The van der Waals surface area contributed by atoms with Gasteiger partial charge in [0, 0.05) is 12.3 Å². The Labute approximate surface area is 125 Å². The maximum Gasteiger partial charge on any atom is 0.293 e. The smallest absolute Gasteiger partial charge is 0.293 e. The van der Waals surface area contributed by atoms with Crippen LogP contribution < -0.4 is 5.32 Å². The lowest BCUT2D eigenvalue weighted by Gasteiger charge is -2.09. The van der Waals surface area contributed by atoms with Crippen molar-refractivity contribution < 1.29 is 4.92 Å². The van der Waals surface area contributed by atoms with Crippen LogP contribution in [0.2, 0.25) is 10.0 Å². The van der Waals surface area contributed by atoms with Crippen molar-refractivity contribution in [2.45, 2.75) is 13.5 Å². The van der Waals surface area contributed by atoms with Gasteiger partial charge < -0.3 is 5.32 Å². The quantitative estimate of drug-likeness (QED) is 0.678. The number of anilines is 1. The molecule has 0 saturated heterocycles. The van der Waals surface area contributed by atoms with Crippen LogP contribution in [0.15, 0.2) is 30.5 Å². The van der Waals surface area contributed by atoms with E-state index in [1.807, 2.05) is 19.1 Å².